The quantitative estimate of drug-likeness (QED) is 0.545. The van der Waals surface area contributed by atoms with Crippen LogP contribution in [0, 0.1) is 6.92 Å². The van der Waals surface area contributed by atoms with Crippen LogP contribution in [-0.2, 0) is 11.3 Å². The van der Waals surface area contributed by atoms with Gasteiger partial charge in [0.25, 0.3) is 5.91 Å². The molecule has 0 unspecified atom stereocenters. The Balaban J connectivity index is 1.57. The third kappa shape index (κ3) is 4.85. The van der Waals surface area contributed by atoms with Crippen molar-refractivity contribution < 1.29 is 19.1 Å². The zero-order chi connectivity index (χ0) is 23.4. The van der Waals surface area contributed by atoms with Crippen molar-refractivity contribution in [1.82, 2.24) is 20.5 Å². The fraction of sp³-hybridized carbons (Fsp3) is 0.200. The zero-order valence-electron chi connectivity index (χ0n) is 18.4. The number of fused-ring (bicyclic) bond motifs is 1. The van der Waals surface area contributed by atoms with Crippen molar-refractivity contribution in [3.05, 3.63) is 83.2 Å². The maximum absolute atomic E-state index is 13.0. The molecular formula is C25H24N4O4. The lowest BCUT2D eigenvalue weighted by molar-refractivity contribution is -0.108. The molecule has 0 bridgehead atoms. The predicted octanol–water partition coefficient (Wildman–Crippen LogP) is 3.22. The fourth-order valence-corrected chi connectivity index (χ4v) is 3.96. The highest BCUT2D eigenvalue weighted by Crippen LogP contribution is 2.29. The summed E-state index contributed by atoms with van der Waals surface area (Å²) >= 11 is 0. The summed E-state index contributed by atoms with van der Waals surface area (Å²) in [5, 5.41) is 4.89. The molecule has 2 aromatic carbocycles. The summed E-state index contributed by atoms with van der Waals surface area (Å²) in [7, 11) is 1.56. The molecule has 4 rings (SSSR count). The molecule has 0 fully saturated rings. The topological polar surface area (TPSA) is 101 Å². The molecule has 8 nitrogen and oxygen atoms in total. The van der Waals surface area contributed by atoms with Gasteiger partial charge in [0.15, 0.2) is 0 Å². The second-order valence-corrected chi connectivity index (χ2v) is 7.80. The number of benzene rings is 2. The van der Waals surface area contributed by atoms with Crippen LogP contribution < -0.4 is 15.4 Å². The van der Waals surface area contributed by atoms with E-state index in [2.05, 4.69) is 15.6 Å². The number of ether oxygens (including phenoxy) is 1. The van der Waals surface area contributed by atoms with Crippen LogP contribution >= 0.6 is 0 Å². The van der Waals surface area contributed by atoms with Crippen molar-refractivity contribution in [1.29, 1.82) is 0 Å². The minimum absolute atomic E-state index is 0.129. The maximum atomic E-state index is 13.0. The Morgan fingerprint density at radius 1 is 1.15 bits per heavy atom. The molecule has 1 aliphatic rings. The van der Waals surface area contributed by atoms with Crippen molar-refractivity contribution in [2.45, 2.75) is 19.5 Å². The predicted molar refractivity (Wildman–Crippen MR) is 123 cm³/mol. The lowest BCUT2D eigenvalue weighted by atomic mass is 10.0. The summed E-state index contributed by atoms with van der Waals surface area (Å²) in [6.07, 6.45) is 2.09. The molecule has 0 radical (unpaired) electrons. The van der Waals surface area contributed by atoms with Crippen molar-refractivity contribution in [2.24, 2.45) is 0 Å². The first-order valence-electron chi connectivity index (χ1n) is 10.5. The number of urea groups is 1. The molecule has 0 spiro atoms. The highest BCUT2D eigenvalue weighted by molar-refractivity contribution is 5.98. The van der Waals surface area contributed by atoms with Gasteiger partial charge in [0.2, 0.25) is 6.41 Å². The van der Waals surface area contributed by atoms with Crippen LogP contribution in [0.4, 0.5) is 4.79 Å². The minimum atomic E-state index is -0.630. The Bertz CT molecular complexity index is 1190. The molecule has 1 aliphatic heterocycles. The van der Waals surface area contributed by atoms with Crippen LogP contribution in [0.1, 0.15) is 33.2 Å². The third-order valence-corrected chi connectivity index (χ3v) is 5.64. The molecule has 1 atom stereocenters. The van der Waals surface area contributed by atoms with Gasteiger partial charge in [-0.15, -0.1) is 0 Å². The zero-order valence-corrected chi connectivity index (χ0v) is 18.4. The van der Waals surface area contributed by atoms with Crippen molar-refractivity contribution in [3.8, 4) is 16.9 Å². The Labute approximate surface area is 191 Å². The molecule has 2 N–H and O–H groups in total. The number of hydrogen-bond donors (Lipinski definition) is 2. The molecule has 2 heterocycles. The largest absolute Gasteiger partial charge is 0.497 e. The number of methoxy groups -OCH3 is 1. The average molecular weight is 444 g/mol. The van der Waals surface area contributed by atoms with E-state index in [-0.39, 0.29) is 12.5 Å². The number of aryl methyl sites for hydroxylation is 1. The molecule has 0 saturated heterocycles. The van der Waals surface area contributed by atoms with Gasteiger partial charge in [0.05, 0.1) is 13.2 Å². The molecule has 168 valence electrons. The highest BCUT2D eigenvalue weighted by atomic mass is 16.5. The van der Waals surface area contributed by atoms with Crippen LogP contribution in [0.3, 0.4) is 0 Å². The van der Waals surface area contributed by atoms with Gasteiger partial charge < -0.3 is 15.0 Å². The summed E-state index contributed by atoms with van der Waals surface area (Å²) in [5.74, 6) is 0.487. The van der Waals surface area contributed by atoms with Crippen LogP contribution in [0.15, 0.2) is 60.8 Å². The summed E-state index contributed by atoms with van der Waals surface area (Å²) in [5.41, 5.74) is 5.28. The number of rotatable bonds is 7. The summed E-state index contributed by atoms with van der Waals surface area (Å²) in [6.45, 7) is 2.61. The van der Waals surface area contributed by atoms with Crippen LogP contribution in [0.25, 0.3) is 11.1 Å². The Morgan fingerprint density at radius 2 is 1.94 bits per heavy atom. The first-order valence-corrected chi connectivity index (χ1v) is 10.5. The van der Waals surface area contributed by atoms with Gasteiger partial charge >= 0.3 is 6.03 Å². The lowest BCUT2D eigenvalue weighted by Gasteiger charge is -2.25. The molecule has 3 aromatic rings. The number of nitrogens with zero attached hydrogens (tertiary/aromatic N) is 2. The standard InChI is InChI=1S/C25H24N4O4/c1-16-11-19(9-10-26-16)17-3-5-18(6-4-17)23(28-25(32)27-15-30)14-29-13-20-7-8-21(33-2)12-22(20)24(29)31/h3-12,15,23H,13-14H2,1-2H3,(H2,27,28,30,32)/t23-/m0/s1. The van der Waals surface area contributed by atoms with Crippen molar-refractivity contribution in [3.63, 3.8) is 0 Å². The molecule has 4 amide bonds. The van der Waals surface area contributed by atoms with Gasteiger partial charge in [-0.3, -0.25) is 19.9 Å². The van der Waals surface area contributed by atoms with Crippen molar-refractivity contribution >= 4 is 18.3 Å². The van der Waals surface area contributed by atoms with Crippen LogP contribution in [0.5, 0.6) is 5.75 Å². The van der Waals surface area contributed by atoms with Gasteiger partial charge in [0, 0.05) is 30.5 Å². The molecule has 0 saturated carbocycles. The normalized spacial score (nSPS) is 13.3. The number of carbonyl (C=O) groups excluding carboxylic acids is 3. The monoisotopic (exact) mass is 444 g/mol. The molecule has 0 aliphatic carbocycles. The number of aromatic nitrogens is 1. The number of amides is 4. The van der Waals surface area contributed by atoms with E-state index in [4.69, 9.17) is 4.74 Å². The van der Waals surface area contributed by atoms with Crippen molar-refractivity contribution in [2.75, 3.05) is 13.7 Å². The SMILES string of the molecule is COc1ccc2c(c1)C(=O)N(C[C@H](NC(=O)NC=O)c1ccc(-c3ccnc(C)c3)cc1)C2. The Morgan fingerprint density at radius 3 is 2.64 bits per heavy atom. The number of hydrogen-bond acceptors (Lipinski definition) is 5. The first-order chi connectivity index (χ1) is 16.0. The Kier molecular flexibility index (Phi) is 6.35. The number of nitrogens with one attached hydrogen (secondary N) is 2. The van der Waals surface area contributed by atoms with Gasteiger partial charge in [-0.2, -0.15) is 0 Å². The van der Waals surface area contributed by atoms with Crippen LogP contribution in [-0.4, -0.2) is 41.9 Å². The minimum Gasteiger partial charge on any atom is -0.497 e. The molecule has 33 heavy (non-hydrogen) atoms. The van der Waals surface area contributed by atoms with E-state index in [0.717, 1.165) is 27.9 Å². The maximum Gasteiger partial charge on any atom is 0.321 e. The lowest BCUT2D eigenvalue weighted by Crippen LogP contribution is -2.42. The van der Waals surface area contributed by atoms with E-state index in [1.807, 2.05) is 55.5 Å². The fourth-order valence-electron chi connectivity index (χ4n) is 3.96. The van der Waals surface area contributed by atoms with Gasteiger partial charge in [-0.25, -0.2) is 4.79 Å². The van der Waals surface area contributed by atoms with Gasteiger partial charge in [-0.05, 0) is 53.4 Å². The van der Waals surface area contributed by atoms with E-state index in [9.17, 15) is 14.4 Å². The third-order valence-electron chi connectivity index (χ3n) is 5.64. The van der Waals surface area contributed by atoms with Gasteiger partial charge in [0.1, 0.15) is 5.75 Å². The number of imide groups is 1. The average Bonchev–Trinajstić information content (AvgIpc) is 3.13. The number of pyridine rings is 1. The van der Waals surface area contributed by atoms with E-state index in [1.165, 1.54) is 0 Å². The summed E-state index contributed by atoms with van der Waals surface area (Å²) in [4.78, 5) is 41.7. The van der Waals surface area contributed by atoms with Gasteiger partial charge in [-0.1, -0.05) is 30.3 Å². The highest BCUT2D eigenvalue weighted by Gasteiger charge is 2.30. The van der Waals surface area contributed by atoms with E-state index in [0.29, 0.717) is 24.3 Å². The molecule has 1 aromatic heterocycles. The van der Waals surface area contributed by atoms with E-state index in [1.54, 1.807) is 24.3 Å². The Hall–Kier alpha value is -4.20. The van der Waals surface area contributed by atoms with E-state index >= 15 is 0 Å². The smallest absolute Gasteiger partial charge is 0.321 e. The molecule has 8 heteroatoms. The first kappa shape index (κ1) is 22.0. The number of carbonyl (C=O) groups is 3. The van der Waals surface area contributed by atoms with Crippen LogP contribution in [0.2, 0.25) is 0 Å². The second-order valence-electron chi connectivity index (χ2n) is 7.80. The summed E-state index contributed by atoms with van der Waals surface area (Å²) < 4.78 is 5.24. The molecular weight excluding hydrogens is 420 g/mol. The van der Waals surface area contributed by atoms with E-state index < -0.39 is 12.1 Å². The summed E-state index contributed by atoms with van der Waals surface area (Å²) in [6, 6.07) is 15.9. The second kappa shape index (κ2) is 9.52.